The van der Waals surface area contributed by atoms with E-state index in [2.05, 4.69) is 58.7 Å². The zero-order chi connectivity index (χ0) is 12.8. The SMILES string of the molecule is CCCN(CC(C)(C)C(C)NCC)C(C)C. The van der Waals surface area contributed by atoms with Crippen molar-refractivity contribution in [2.45, 2.75) is 67.0 Å². The van der Waals surface area contributed by atoms with E-state index in [1.54, 1.807) is 0 Å². The summed E-state index contributed by atoms with van der Waals surface area (Å²) in [5.41, 5.74) is 0.329. The van der Waals surface area contributed by atoms with Crippen molar-refractivity contribution in [2.75, 3.05) is 19.6 Å². The van der Waals surface area contributed by atoms with E-state index >= 15 is 0 Å². The molecule has 1 N–H and O–H groups in total. The third-order valence-corrected chi connectivity index (χ3v) is 3.53. The minimum absolute atomic E-state index is 0.329. The molecule has 0 amide bonds. The van der Waals surface area contributed by atoms with E-state index in [0.717, 1.165) is 6.54 Å². The maximum absolute atomic E-state index is 3.55. The van der Waals surface area contributed by atoms with Crippen LogP contribution in [0.25, 0.3) is 0 Å². The minimum Gasteiger partial charge on any atom is -0.314 e. The summed E-state index contributed by atoms with van der Waals surface area (Å²) in [7, 11) is 0. The molecule has 0 radical (unpaired) electrons. The minimum atomic E-state index is 0.329. The van der Waals surface area contributed by atoms with Gasteiger partial charge in [0.15, 0.2) is 0 Å². The summed E-state index contributed by atoms with van der Waals surface area (Å²) in [6.45, 7) is 19.5. The molecule has 0 aliphatic rings. The van der Waals surface area contributed by atoms with Crippen molar-refractivity contribution in [1.82, 2.24) is 10.2 Å². The van der Waals surface area contributed by atoms with Crippen molar-refractivity contribution in [1.29, 1.82) is 0 Å². The van der Waals surface area contributed by atoms with Gasteiger partial charge in [-0.25, -0.2) is 0 Å². The summed E-state index contributed by atoms with van der Waals surface area (Å²) >= 11 is 0. The molecule has 0 bridgehead atoms. The fourth-order valence-corrected chi connectivity index (χ4v) is 2.05. The molecule has 0 aromatic heterocycles. The maximum atomic E-state index is 3.55. The lowest BCUT2D eigenvalue weighted by atomic mass is 9.84. The fourth-order valence-electron chi connectivity index (χ4n) is 2.05. The number of rotatable bonds is 8. The van der Waals surface area contributed by atoms with Crippen LogP contribution in [0, 0.1) is 5.41 Å². The number of hydrogen-bond acceptors (Lipinski definition) is 2. The third-order valence-electron chi connectivity index (χ3n) is 3.53. The Hall–Kier alpha value is -0.0800. The molecular formula is C14H32N2. The average molecular weight is 228 g/mol. The topological polar surface area (TPSA) is 15.3 Å². The second kappa shape index (κ2) is 7.29. The highest BCUT2D eigenvalue weighted by Gasteiger charge is 2.28. The largest absolute Gasteiger partial charge is 0.314 e. The zero-order valence-electron chi connectivity index (χ0n) is 12.4. The van der Waals surface area contributed by atoms with Crippen LogP contribution in [0.3, 0.4) is 0 Å². The molecule has 0 saturated carbocycles. The second-order valence-corrected chi connectivity index (χ2v) is 5.83. The summed E-state index contributed by atoms with van der Waals surface area (Å²) in [5.74, 6) is 0. The maximum Gasteiger partial charge on any atom is 0.0102 e. The molecule has 98 valence electrons. The van der Waals surface area contributed by atoms with E-state index in [1.807, 2.05) is 0 Å². The van der Waals surface area contributed by atoms with Crippen LogP contribution in [0.4, 0.5) is 0 Å². The lowest BCUT2D eigenvalue weighted by molar-refractivity contribution is 0.118. The molecule has 1 atom stereocenters. The van der Waals surface area contributed by atoms with Crippen molar-refractivity contribution >= 4 is 0 Å². The fraction of sp³-hybridized carbons (Fsp3) is 1.00. The van der Waals surface area contributed by atoms with Gasteiger partial charge in [-0.05, 0) is 45.7 Å². The first-order valence-electron chi connectivity index (χ1n) is 6.82. The molecule has 0 saturated heterocycles. The van der Waals surface area contributed by atoms with E-state index in [9.17, 15) is 0 Å². The molecule has 0 spiro atoms. The molecule has 2 nitrogen and oxygen atoms in total. The van der Waals surface area contributed by atoms with E-state index in [0.29, 0.717) is 17.5 Å². The van der Waals surface area contributed by atoms with Gasteiger partial charge >= 0.3 is 0 Å². The summed E-state index contributed by atoms with van der Waals surface area (Å²) in [6.07, 6.45) is 1.24. The van der Waals surface area contributed by atoms with Gasteiger partial charge in [-0.15, -0.1) is 0 Å². The first-order valence-corrected chi connectivity index (χ1v) is 6.82. The summed E-state index contributed by atoms with van der Waals surface area (Å²) in [5, 5.41) is 3.55. The van der Waals surface area contributed by atoms with Crippen LogP contribution in [0.1, 0.15) is 54.9 Å². The Labute approximate surface area is 103 Å². The first-order chi connectivity index (χ1) is 7.35. The van der Waals surface area contributed by atoms with Gasteiger partial charge in [0.2, 0.25) is 0 Å². The van der Waals surface area contributed by atoms with Crippen molar-refractivity contribution in [3.05, 3.63) is 0 Å². The predicted octanol–water partition coefficient (Wildman–Crippen LogP) is 3.13. The van der Waals surface area contributed by atoms with Gasteiger partial charge in [0.1, 0.15) is 0 Å². The Morgan fingerprint density at radius 3 is 2.06 bits per heavy atom. The van der Waals surface area contributed by atoms with Gasteiger partial charge in [-0.2, -0.15) is 0 Å². The van der Waals surface area contributed by atoms with E-state index in [-0.39, 0.29) is 0 Å². The van der Waals surface area contributed by atoms with Crippen LogP contribution in [-0.2, 0) is 0 Å². The van der Waals surface area contributed by atoms with Gasteiger partial charge < -0.3 is 10.2 Å². The van der Waals surface area contributed by atoms with E-state index in [4.69, 9.17) is 0 Å². The normalized spacial score (nSPS) is 14.8. The van der Waals surface area contributed by atoms with E-state index < -0.39 is 0 Å². The van der Waals surface area contributed by atoms with E-state index in [1.165, 1.54) is 19.5 Å². The number of nitrogens with one attached hydrogen (secondary N) is 1. The van der Waals surface area contributed by atoms with Gasteiger partial charge in [0.25, 0.3) is 0 Å². The van der Waals surface area contributed by atoms with Gasteiger partial charge in [0, 0.05) is 18.6 Å². The summed E-state index contributed by atoms with van der Waals surface area (Å²) in [4.78, 5) is 2.59. The highest BCUT2D eigenvalue weighted by atomic mass is 15.2. The molecular weight excluding hydrogens is 196 g/mol. The van der Waals surface area contributed by atoms with Crippen LogP contribution in [0.15, 0.2) is 0 Å². The quantitative estimate of drug-likeness (QED) is 0.686. The van der Waals surface area contributed by atoms with Crippen molar-refractivity contribution in [2.24, 2.45) is 5.41 Å². The Bertz CT molecular complexity index is 176. The standard InChI is InChI=1S/C14H32N2/c1-8-10-16(12(3)4)11-14(6,7)13(5)15-9-2/h12-13,15H,8-11H2,1-7H3. The summed E-state index contributed by atoms with van der Waals surface area (Å²) < 4.78 is 0. The molecule has 0 aliphatic heterocycles. The lowest BCUT2D eigenvalue weighted by Gasteiger charge is -2.39. The average Bonchev–Trinajstić information content (AvgIpc) is 2.17. The third kappa shape index (κ3) is 5.31. The van der Waals surface area contributed by atoms with Crippen molar-refractivity contribution in [3.63, 3.8) is 0 Å². The Balaban J connectivity index is 4.39. The zero-order valence-corrected chi connectivity index (χ0v) is 12.4. The Morgan fingerprint density at radius 2 is 1.69 bits per heavy atom. The molecule has 0 aliphatic carbocycles. The monoisotopic (exact) mass is 228 g/mol. The number of hydrogen-bond donors (Lipinski definition) is 1. The van der Waals surface area contributed by atoms with Crippen molar-refractivity contribution in [3.8, 4) is 0 Å². The molecule has 0 heterocycles. The Kier molecular flexibility index (Phi) is 7.25. The van der Waals surface area contributed by atoms with Crippen LogP contribution in [0.5, 0.6) is 0 Å². The molecule has 0 fully saturated rings. The smallest absolute Gasteiger partial charge is 0.0102 e. The van der Waals surface area contributed by atoms with Crippen LogP contribution in [-0.4, -0.2) is 36.6 Å². The molecule has 0 aromatic rings. The highest BCUT2D eigenvalue weighted by molar-refractivity contribution is 4.84. The molecule has 2 heteroatoms. The first kappa shape index (κ1) is 15.9. The van der Waals surface area contributed by atoms with Gasteiger partial charge in [-0.3, -0.25) is 0 Å². The van der Waals surface area contributed by atoms with Crippen LogP contribution in [0.2, 0.25) is 0 Å². The van der Waals surface area contributed by atoms with Gasteiger partial charge in [0.05, 0.1) is 0 Å². The number of nitrogens with zero attached hydrogens (tertiary/aromatic N) is 1. The van der Waals surface area contributed by atoms with Crippen LogP contribution >= 0.6 is 0 Å². The van der Waals surface area contributed by atoms with Gasteiger partial charge in [-0.1, -0.05) is 27.7 Å². The van der Waals surface area contributed by atoms with Crippen molar-refractivity contribution < 1.29 is 0 Å². The molecule has 0 rings (SSSR count). The molecule has 0 aromatic carbocycles. The van der Waals surface area contributed by atoms with Crippen LogP contribution < -0.4 is 5.32 Å². The Morgan fingerprint density at radius 1 is 1.12 bits per heavy atom. The second-order valence-electron chi connectivity index (χ2n) is 5.83. The molecule has 16 heavy (non-hydrogen) atoms. The lowest BCUT2D eigenvalue weighted by Crippen LogP contribution is -2.48. The highest BCUT2D eigenvalue weighted by Crippen LogP contribution is 2.23. The predicted molar refractivity (Wildman–Crippen MR) is 73.9 cm³/mol. The molecule has 1 unspecified atom stereocenters. The summed E-state index contributed by atoms with van der Waals surface area (Å²) in [6, 6.07) is 1.21.